The smallest absolute Gasteiger partial charge is 0.379 e. The number of nitrogens with zero attached hydrogens (tertiary/aromatic N) is 4. The molecule has 2 aliphatic rings. The molecule has 1 aromatic carbocycles. The molecule has 0 bridgehead atoms. The van der Waals surface area contributed by atoms with Gasteiger partial charge in [-0.3, -0.25) is 9.88 Å². The van der Waals surface area contributed by atoms with E-state index in [-0.39, 0.29) is 17.7 Å². The van der Waals surface area contributed by atoms with Gasteiger partial charge in [0, 0.05) is 30.4 Å². The molecule has 35 heavy (non-hydrogen) atoms. The largest absolute Gasteiger partial charge is 0.418 e. The number of anilines is 1. The lowest BCUT2D eigenvalue weighted by molar-refractivity contribution is -0.138. The maximum Gasteiger partial charge on any atom is 0.418 e. The Morgan fingerprint density at radius 1 is 1.20 bits per heavy atom. The maximum atomic E-state index is 13.9. The predicted octanol–water partition coefficient (Wildman–Crippen LogP) is 6.27. The van der Waals surface area contributed by atoms with Gasteiger partial charge in [-0.05, 0) is 67.5 Å². The van der Waals surface area contributed by atoms with E-state index in [1.807, 2.05) is 18.2 Å². The Morgan fingerprint density at radius 3 is 2.74 bits per heavy atom. The van der Waals surface area contributed by atoms with E-state index in [4.69, 9.17) is 0 Å². The van der Waals surface area contributed by atoms with Crippen molar-refractivity contribution in [3.8, 4) is 0 Å². The quantitative estimate of drug-likeness (QED) is 0.414. The van der Waals surface area contributed by atoms with E-state index in [0.717, 1.165) is 55.0 Å². The van der Waals surface area contributed by atoms with Crippen LogP contribution in [-0.4, -0.2) is 33.2 Å². The zero-order valence-corrected chi connectivity index (χ0v) is 20.6. The van der Waals surface area contributed by atoms with Crippen LogP contribution < -0.4 is 5.32 Å². The Kier molecular flexibility index (Phi) is 6.81. The molecule has 186 valence electrons. The van der Waals surface area contributed by atoms with Crippen LogP contribution in [0.15, 0.2) is 42.0 Å². The van der Waals surface area contributed by atoms with Crippen molar-refractivity contribution >= 4 is 17.0 Å². The van der Waals surface area contributed by atoms with E-state index in [0.29, 0.717) is 18.0 Å². The van der Waals surface area contributed by atoms with Gasteiger partial charge in [0.1, 0.15) is 10.5 Å². The molecule has 3 aromatic rings. The van der Waals surface area contributed by atoms with Crippen LogP contribution >= 0.6 is 11.3 Å². The normalized spacial score (nSPS) is 20.4. The van der Waals surface area contributed by atoms with E-state index < -0.39 is 11.7 Å². The third-order valence-corrected chi connectivity index (χ3v) is 8.23. The van der Waals surface area contributed by atoms with Gasteiger partial charge < -0.3 is 5.32 Å². The molecular weight excluding hydrogens is 471 g/mol. The van der Waals surface area contributed by atoms with Gasteiger partial charge in [-0.1, -0.05) is 25.5 Å². The predicted molar refractivity (Wildman–Crippen MR) is 131 cm³/mol. The molecule has 1 aliphatic heterocycles. The van der Waals surface area contributed by atoms with Crippen molar-refractivity contribution in [2.24, 2.45) is 5.92 Å². The van der Waals surface area contributed by atoms with Crippen molar-refractivity contribution in [1.29, 1.82) is 0 Å². The standard InChI is InChI=1S/C26H30F3N5S/c1-18-5-3-10-34(15-18)16-19-11-22(26(27,28)29)23(31-13-19)14-30-21-7-2-6-20(12-21)25(8-4-9-25)24-33-32-17-35-24/h2,6-7,11-13,17-18,30H,3-5,8-10,14-16H2,1H3/t18-/m0/s1. The van der Waals surface area contributed by atoms with Crippen LogP contribution in [0.5, 0.6) is 0 Å². The van der Waals surface area contributed by atoms with Gasteiger partial charge >= 0.3 is 6.18 Å². The van der Waals surface area contributed by atoms with Crippen molar-refractivity contribution in [2.45, 2.75) is 63.7 Å². The third-order valence-electron chi connectivity index (χ3n) is 7.33. The first-order chi connectivity index (χ1) is 16.8. The number of hydrogen-bond donors (Lipinski definition) is 1. The number of alkyl halides is 3. The van der Waals surface area contributed by atoms with E-state index in [9.17, 15) is 13.2 Å². The Morgan fingerprint density at radius 2 is 2.06 bits per heavy atom. The van der Waals surface area contributed by atoms with Gasteiger partial charge in [-0.15, -0.1) is 21.5 Å². The first-order valence-electron chi connectivity index (χ1n) is 12.2. The molecule has 0 unspecified atom stereocenters. The lowest BCUT2D eigenvalue weighted by atomic mass is 9.65. The van der Waals surface area contributed by atoms with Crippen molar-refractivity contribution < 1.29 is 13.2 Å². The Balaban J connectivity index is 1.33. The summed E-state index contributed by atoms with van der Waals surface area (Å²) >= 11 is 1.55. The maximum absolute atomic E-state index is 13.9. The van der Waals surface area contributed by atoms with Gasteiger partial charge in [0.05, 0.1) is 17.8 Å². The van der Waals surface area contributed by atoms with Crippen LogP contribution in [0, 0.1) is 5.92 Å². The monoisotopic (exact) mass is 501 g/mol. The summed E-state index contributed by atoms with van der Waals surface area (Å²) in [7, 11) is 0. The fourth-order valence-electron chi connectivity index (χ4n) is 5.35. The molecule has 9 heteroatoms. The molecule has 2 fully saturated rings. The molecule has 5 rings (SSSR count). The second-order valence-electron chi connectivity index (χ2n) is 9.93. The fourth-order valence-corrected chi connectivity index (χ4v) is 6.18. The van der Waals surface area contributed by atoms with Crippen molar-refractivity contribution in [3.05, 3.63) is 69.4 Å². The number of hydrogen-bond acceptors (Lipinski definition) is 6. The van der Waals surface area contributed by atoms with E-state index in [1.165, 1.54) is 12.5 Å². The molecule has 5 nitrogen and oxygen atoms in total. The summed E-state index contributed by atoms with van der Waals surface area (Å²) in [6, 6.07) is 9.20. The summed E-state index contributed by atoms with van der Waals surface area (Å²) in [6.07, 6.45) is 2.54. The summed E-state index contributed by atoms with van der Waals surface area (Å²) in [5, 5.41) is 12.5. The molecule has 0 radical (unpaired) electrons. The minimum Gasteiger partial charge on any atom is -0.379 e. The number of rotatable bonds is 7. The minimum absolute atomic E-state index is 0.00509. The summed E-state index contributed by atoms with van der Waals surface area (Å²) < 4.78 is 41.8. The molecule has 1 N–H and O–H groups in total. The van der Waals surface area contributed by atoms with Crippen molar-refractivity contribution in [3.63, 3.8) is 0 Å². The van der Waals surface area contributed by atoms with Gasteiger partial charge in [0.15, 0.2) is 0 Å². The first-order valence-corrected chi connectivity index (χ1v) is 13.1. The Labute approximate surface area is 207 Å². The summed E-state index contributed by atoms with van der Waals surface area (Å²) in [6.45, 7) is 4.54. The van der Waals surface area contributed by atoms with Crippen molar-refractivity contribution in [2.75, 3.05) is 18.4 Å². The minimum atomic E-state index is -4.45. The van der Waals surface area contributed by atoms with Crippen molar-refractivity contribution in [1.82, 2.24) is 20.1 Å². The zero-order chi connectivity index (χ0) is 24.5. The molecule has 3 heterocycles. The lowest BCUT2D eigenvalue weighted by Gasteiger charge is -2.40. The number of piperidine rings is 1. The second kappa shape index (κ2) is 9.85. The summed E-state index contributed by atoms with van der Waals surface area (Å²) in [5.74, 6) is 0.573. The van der Waals surface area contributed by atoms with Gasteiger partial charge in [0.25, 0.3) is 0 Å². The highest BCUT2D eigenvalue weighted by molar-refractivity contribution is 7.09. The SMILES string of the molecule is C[C@H]1CCCN(Cc2cnc(CNc3cccc(C4(c5nncs5)CCC4)c3)c(C(F)(F)F)c2)C1. The average molecular weight is 502 g/mol. The highest BCUT2D eigenvalue weighted by Gasteiger charge is 2.43. The average Bonchev–Trinajstić information content (AvgIpc) is 3.32. The van der Waals surface area contributed by atoms with Crippen LogP contribution in [-0.2, 0) is 24.7 Å². The Bertz CT molecular complexity index is 1140. The third kappa shape index (κ3) is 5.21. The number of benzene rings is 1. The molecule has 2 aromatic heterocycles. The molecule has 1 atom stereocenters. The highest BCUT2D eigenvalue weighted by Crippen LogP contribution is 2.49. The van der Waals surface area contributed by atoms with E-state index in [1.54, 1.807) is 23.0 Å². The number of likely N-dealkylation sites (tertiary alicyclic amines) is 1. The van der Waals surface area contributed by atoms with Crippen LogP contribution in [0.4, 0.5) is 18.9 Å². The highest BCUT2D eigenvalue weighted by atomic mass is 32.1. The zero-order valence-electron chi connectivity index (χ0n) is 19.8. The number of nitrogens with one attached hydrogen (secondary N) is 1. The number of pyridine rings is 1. The molecule has 1 aliphatic carbocycles. The summed E-state index contributed by atoms with van der Waals surface area (Å²) in [4.78, 5) is 6.48. The first kappa shape index (κ1) is 24.2. The second-order valence-corrected chi connectivity index (χ2v) is 10.8. The fraction of sp³-hybridized carbons (Fsp3) is 0.500. The van der Waals surface area contributed by atoms with Crippen LogP contribution in [0.2, 0.25) is 0 Å². The van der Waals surface area contributed by atoms with E-state index >= 15 is 0 Å². The molecule has 0 amide bonds. The van der Waals surface area contributed by atoms with Gasteiger partial charge in [0.2, 0.25) is 0 Å². The van der Waals surface area contributed by atoms with Gasteiger partial charge in [-0.2, -0.15) is 13.2 Å². The van der Waals surface area contributed by atoms with Crippen LogP contribution in [0.3, 0.4) is 0 Å². The molecule has 1 saturated heterocycles. The van der Waals surface area contributed by atoms with E-state index in [2.05, 4.69) is 38.4 Å². The molecular formula is C26H30F3N5S. The number of aromatic nitrogens is 3. The van der Waals surface area contributed by atoms with Crippen LogP contribution in [0.1, 0.15) is 66.4 Å². The Hall–Kier alpha value is -2.52. The molecule has 1 saturated carbocycles. The van der Waals surface area contributed by atoms with Crippen LogP contribution in [0.25, 0.3) is 0 Å². The van der Waals surface area contributed by atoms with Gasteiger partial charge in [-0.25, -0.2) is 0 Å². The number of halogens is 3. The topological polar surface area (TPSA) is 53.9 Å². The lowest BCUT2D eigenvalue weighted by Crippen LogP contribution is -2.35. The molecule has 0 spiro atoms. The summed E-state index contributed by atoms with van der Waals surface area (Å²) in [5.41, 5.74) is 3.48.